The summed E-state index contributed by atoms with van der Waals surface area (Å²) < 4.78 is 7.71. The van der Waals surface area contributed by atoms with Crippen molar-refractivity contribution in [2.45, 2.75) is 25.9 Å². The van der Waals surface area contributed by atoms with E-state index < -0.39 is 0 Å². The number of hydrogen-bond acceptors (Lipinski definition) is 7. The van der Waals surface area contributed by atoms with E-state index in [1.165, 1.54) is 18.0 Å². The highest BCUT2D eigenvalue weighted by atomic mass is 16.5. The first-order valence-corrected chi connectivity index (χ1v) is 9.49. The van der Waals surface area contributed by atoms with Crippen molar-refractivity contribution in [2.75, 3.05) is 23.3 Å². The molecule has 0 bridgehead atoms. The molecule has 1 saturated heterocycles. The van der Waals surface area contributed by atoms with Crippen molar-refractivity contribution >= 4 is 17.4 Å². The van der Waals surface area contributed by atoms with Gasteiger partial charge in [0.25, 0.3) is 5.91 Å². The summed E-state index contributed by atoms with van der Waals surface area (Å²) in [5.41, 5.74) is 2.28. The van der Waals surface area contributed by atoms with E-state index in [9.17, 15) is 4.79 Å². The zero-order chi connectivity index (χ0) is 20.4. The van der Waals surface area contributed by atoms with E-state index >= 15 is 0 Å². The highest BCUT2D eigenvalue weighted by Gasteiger charge is 2.34. The monoisotopic (exact) mass is 393 g/mol. The van der Waals surface area contributed by atoms with Crippen molar-refractivity contribution < 1.29 is 9.53 Å². The van der Waals surface area contributed by atoms with Gasteiger partial charge in [0, 0.05) is 19.3 Å². The highest BCUT2D eigenvalue weighted by Crippen LogP contribution is 2.28. The summed E-state index contributed by atoms with van der Waals surface area (Å²) in [7, 11) is 1.82. The van der Waals surface area contributed by atoms with Crippen molar-refractivity contribution in [3.63, 3.8) is 0 Å². The fourth-order valence-electron chi connectivity index (χ4n) is 3.23. The molecule has 0 unspecified atom stereocenters. The Bertz CT molecular complexity index is 997. The lowest BCUT2D eigenvalue weighted by Crippen LogP contribution is -2.55. The second kappa shape index (κ2) is 7.86. The molecule has 4 rings (SSSR count). The largest absolute Gasteiger partial charge is 0.471 e. The predicted octanol–water partition coefficient (Wildman–Crippen LogP) is 2.25. The Labute approximate surface area is 168 Å². The number of hydrogen-bond donors (Lipinski definition) is 1. The first-order chi connectivity index (χ1) is 14.0. The first-order valence-electron chi connectivity index (χ1n) is 9.49. The minimum absolute atomic E-state index is 0.0140. The van der Waals surface area contributed by atoms with Crippen LogP contribution in [-0.4, -0.2) is 50.1 Å². The van der Waals surface area contributed by atoms with Gasteiger partial charge < -0.3 is 15.0 Å². The second-order valence-electron chi connectivity index (χ2n) is 7.32. The zero-order valence-corrected chi connectivity index (χ0v) is 16.6. The van der Waals surface area contributed by atoms with Gasteiger partial charge in [-0.2, -0.15) is 15.3 Å². The molecule has 1 aliphatic rings. The lowest BCUT2D eigenvalue weighted by atomic mass is 10.1. The number of aromatic nitrogens is 5. The summed E-state index contributed by atoms with van der Waals surface area (Å²) in [6.45, 7) is 5.59. The molecule has 4 heterocycles. The van der Waals surface area contributed by atoms with Crippen molar-refractivity contribution in [3.05, 3.63) is 54.1 Å². The quantitative estimate of drug-likeness (QED) is 0.686. The molecule has 1 aliphatic heterocycles. The van der Waals surface area contributed by atoms with Gasteiger partial charge in [0.15, 0.2) is 0 Å². The van der Waals surface area contributed by atoms with Gasteiger partial charge in [0.2, 0.25) is 5.88 Å². The van der Waals surface area contributed by atoms with Crippen LogP contribution >= 0.6 is 0 Å². The Morgan fingerprint density at radius 3 is 2.76 bits per heavy atom. The fraction of sp³-hybridized carbons (Fsp3) is 0.350. The van der Waals surface area contributed by atoms with Crippen LogP contribution in [0.1, 0.15) is 35.7 Å². The molecular weight excluding hydrogens is 370 g/mol. The molecule has 1 N–H and O–H groups in total. The van der Waals surface area contributed by atoms with Crippen LogP contribution in [0.15, 0.2) is 43.0 Å². The number of nitrogens with one attached hydrogen (secondary N) is 1. The van der Waals surface area contributed by atoms with E-state index in [1.54, 1.807) is 23.1 Å². The molecule has 0 aromatic carbocycles. The molecule has 0 radical (unpaired) electrons. The van der Waals surface area contributed by atoms with Crippen LogP contribution in [0, 0.1) is 0 Å². The molecule has 9 heteroatoms. The number of anilines is 2. The zero-order valence-electron chi connectivity index (χ0n) is 16.6. The SMILES string of the molecule is CC(C)c1ccnc(OC2CN(c3c(C(=O)Nc4ccnnc4)cnn3C)C2)c1. The van der Waals surface area contributed by atoms with Gasteiger partial charge in [0.1, 0.15) is 17.5 Å². The molecule has 9 nitrogen and oxygen atoms in total. The Balaban J connectivity index is 1.41. The maximum absolute atomic E-state index is 12.7. The molecule has 29 heavy (non-hydrogen) atoms. The number of aryl methyl sites for hydroxylation is 1. The smallest absolute Gasteiger partial charge is 0.261 e. The average Bonchev–Trinajstić information content (AvgIpc) is 3.06. The van der Waals surface area contributed by atoms with Crippen molar-refractivity contribution in [1.82, 2.24) is 25.0 Å². The number of nitrogens with zero attached hydrogens (tertiary/aromatic N) is 6. The Morgan fingerprint density at radius 1 is 1.21 bits per heavy atom. The molecule has 1 fully saturated rings. The Hall–Kier alpha value is -3.49. The van der Waals surface area contributed by atoms with Crippen LogP contribution in [0.2, 0.25) is 0 Å². The molecular formula is C20H23N7O2. The number of carbonyl (C=O) groups is 1. The minimum Gasteiger partial charge on any atom is -0.471 e. The van der Waals surface area contributed by atoms with Crippen LogP contribution in [0.4, 0.5) is 11.5 Å². The third kappa shape index (κ3) is 4.03. The molecule has 0 aliphatic carbocycles. The summed E-state index contributed by atoms with van der Waals surface area (Å²) >= 11 is 0. The van der Waals surface area contributed by atoms with E-state index in [0.29, 0.717) is 36.1 Å². The number of amides is 1. The second-order valence-corrected chi connectivity index (χ2v) is 7.32. The van der Waals surface area contributed by atoms with Gasteiger partial charge >= 0.3 is 0 Å². The molecule has 1 amide bonds. The standard InChI is InChI=1S/C20H23N7O2/c1-13(2)14-4-6-21-18(8-14)29-16-11-27(12-16)20-17(10-24-26(20)3)19(28)25-15-5-7-22-23-9-15/h4-10,13,16H,11-12H2,1-3H3,(H,22,25,28). The fourth-order valence-corrected chi connectivity index (χ4v) is 3.23. The highest BCUT2D eigenvalue weighted by molar-refractivity contribution is 6.07. The van der Waals surface area contributed by atoms with Crippen molar-refractivity contribution in [2.24, 2.45) is 7.05 Å². The van der Waals surface area contributed by atoms with Crippen LogP contribution in [0.25, 0.3) is 0 Å². The van der Waals surface area contributed by atoms with Gasteiger partial charge in [-0.15, -0.1) is 0 Å². The van der Waals surface area contributed by atoms with Gasteiger partial charge in [-0.25, -0.2) is 4.98 Å². The molecule has 0 saturated carbocycles. The lowest BCUT2D eigenvalue weighted by molar-refractivity contribution is 0.102. The third-order valence-corrected chi connectivity index (χ3v) is 4.85. The van der Waals surface area contributed by atoms with Crippen LogP contribution in [0.3, 0.4) is 0 Å². The Kier molecular flexibility index (Phi) is 5.11. The van der Waals surface area contributed by atoms with Gasteiger partial charge in [-0.1, -0.05) is 13.8 Å². The van der Waals surface area contributed by atoms with E-state index in [-0.39, 0.29) is 12.0 Å². The van der Waals surface area contributed by atoms with E-state index in [1.807, 2.05) is 19.2 Å². The van der Waals surface area contributed by atoms with Crippen LogP contribution in [-0.2, 0) is 7.05 Å². The van der Waals surface area contributed by atoms with Crippen LogP contribution in [0.5, 0.6) is 5.88 Å². The maximum Gasteiger partial charge on any atom is 0.261 e. The first kappa shape index (κ1) is 18.9. The van der Waals surface area contributed by atoms with Crippen molar-refractivity contribution in [1.29, 1.82) is 0 Å². The summed E-state index contributed by atoms with van der Waals surface area (Å²) in [6.07, 6.45) is 6.39. The van der Waals surface area contributed by atoms with Gasteiger partial charge in [0.05, 0.1) is 37.4 Å². The summed E-state index contributed by atoms with van der Waals surface area (Å²) in [5, 5.41) is 14.6. The summed E-state index contributed by atoms with van der Waals surface area (Å²) in [4.78, 5) is 19.1. The predicted molar refractivity (Wildman–Crippen MR) is 108 cm³/mol. The Morgan fingerprint density at radius 2 is 2.03 bits per heavy atom. The minimum atomic E-state index is -0.239. The topological polar surface area (TPSA) is 98.1 Å². The number of pyridine rings is 1. The number of carbonyl (C=O) groups excluding carboxylic acids is 1. The molecule has 0 atom stereocenters. The van der Waals surface area contributed by atoms with E-state index in [4.69, 9.17) is 4.74 Å². The average molecular weight is 393 g/mol. The van der Waals surface area contributed by atoms with E-state index in [2.05, 4.69) is 44.3 Å². The summed E-state index contributed by atoms with van der Waals surface area (Å²) in [6, 6.07) is 5.68. The molecule has 3 aromatic rings. The van der Waals surface area contributed by atoms with Gasteiger partial charge in [-0.05, 0) is 23.6 Å². The van der Waals surface area contributed by atoms with Crippen LogP contribution < -0.4 is 15.0 Å². The molecule has 150 valence electrons. The number of ether oxygens (including phenoxy) is 1. The maximum atomic E-state index is 12.7. The normalized spacial score (nSPS) is 14.0. The van der Waals surface area contributed by atoms with E-state index in [0.717, 1.165) is 5.82 Å². The van der Waals surface area contributed by atoms with Gasteiger partial charge in [-0.3, -0.25) is 9.48 Å². The number of rotatable bonds is 6. The third-order valence-electron chi connectivity index (χ3n) is 4.85. The molecule has 0 spiro atoms. The van der Waals surface area contributed by atoms with Crippen molar-refractivity contribution in [3.8, 4) is 5.88 Å². The molecule has 3 aromatic heterocycles. The lowest BCUT2D eigenvalue weighted by Gasteiger charge is -2.40. The summed E-state index contributed by atoms with van der Waals surface area (Å²) in [5.74, 6) is 1.57.